The number of hydrogen-bond acceptors (Lipinski definition) is 3. The van der Waals surface area contributed by atoms with Crippen LogP contribution in [0, 0.1) is 13.8 Å². The van der Waals surface area contributed by atoms with Crippen LogP contribution >= 0.6 is 0 Å². The van der Waals surface area contributed by atoms with Crippen molar-refractivity contribution < 1.29 is 14.6 Å². The molecule has 0 radical (unpaired) electrons. The number of amides is 1. The number of carbonyl (C=O) groups is 1. The zero-order valence-electron chi connectivity index (χ0n) is 15.0. The maximum atomic E-state index is 12.7. The minimum atomic E-state index is -0.410. The molecule has 1 aromatic heterocycles. The Bertz CT molecular complexity index is 702. The number of aromatic nitrogens is 1. The largest absolute Gasteiger partial charge is 0.497 e. The summed E-state index contributed by atoms with van der Waals surface area (Å²) >= 11 is 0. The predicted molar refractivity (Wildman–Crippen MR) is 95.1 cm³/mol. The molecule has 0 saturated heterocycles. The molecule has 0 saturated carbocycles. The fourth-order valence-electron chi connectivity index (χ4n) is 2.80. The molecule has 1 aromatic carbocycles. The Morgan fingerprint density at radius 3 is 2.46 bits per heavy atom. The molecule has 0 fully saturated rings. The van der Waals surface area contributed by atoms with Crippen molar-refractivity contribution in [2.75, 3.05) is 20.7 Å². The lowest BCUT2D eigenvalue weighted by molar-refractivity contribution is 0.0768. The Hall–Kier alpha value is -2.27. The predicted octanol–water partition coefficient (Wildman–Crippen LogP) is 2.95. The molecule has 2 aromatic rings. The molecule has 0 bridgehead atoms. The van der Waals surface area contributed by atoms with Gasteiger partial charge in [-0.25, -0.2) is 0 Å². The van der Waals surface area contributed by atoms with E-state index in [2.05, 4.69) is 4.57 Å². The quantitative estimate of drug-likeness (QED) is 0.886. The SMILES string of the molecule is COc1ccc(-n2c(C)cc(C(=O)N(C)CCC(C)O)c2C)cc1. The average Bonchev–Trinajstić information content (AvgIpc) is 2.86. The van der Waals surface area contributed by atoms with Gasteiger partial charge in [-0.2, -0.15) is 0 Å². The Morgan fingerprint density at radius 1 is 1.29 bits per heavy atom. The number of aliphatic hydroxyl groups is 1. The number of carbonyl (C=O) groups excluding carboxylic acids is 1. The molecule has 130 valence electrons. The van der Waals surface area contributed by atoms with Crippen LogP contribution in [0.1, 0.15) is 35.1 Å². The van der Waals surface area contributed by atoms with Gasteiger partial charge in [0, 0.05) is 30.7 Å². The summed E-state index contributed by atoms with van der Waals surface area (Å²) in [6.07, 6.45) is 0.159. The molecular formula is C19H26N2O3. The molecule has 5 heteroatoms. The van der Waals surface area contributed by atoms with E-state index in [1.165, 1.54) is 0 Å². The number of hydrogen-bond donors (Lipinski definition) is 1. The molecule has 1 atom stereocenters. The van der Waals surface area contributed by atoms with Gasteiger partial charge in [0.2, 0.25) is 0 Å². The normalized spacial score (nSPS) is 12.1. The van der Waals surface area contributed by atoms with E-state index in [0.29, 0.717) is 18.5 Å². The second-order valence-electron chi connectivity index (χ2n) is 6.18. The Balaban J connectivity index is 2.29. The molecule has 0 aliphatic carbocycles. The lowest BCUT2D eigenvalue weighted by atomic mass is 10.2. The summed E-state index contributed by atoms with van der Waals surface area (Å²) in [5.41, 5.74) is 3.60. The van der Waals surface area contributed by atoms with Crippen LogP contribution in [0.25, 0.3) is 5.69 Å². The lowest BCUT2D eigenvalue weighted by Gasteiger charge is -2.18. The molecule has 1 unspecified atom stereocenters. The summed E-state index contributed by atoms with van der Waals surface area (Å²) in [7, 11) is 3.41. The topological polar surface area (TPSA) is 54.7 Å². The third kappa shape index (κ3) is 3.79. The maximum absolute atomic E-state index is 12.7. The van der Waals surface area contributed by atoms with Crippen LogP contribution in [0.5, 0.6) is 5.75 Å². The first-order valence-electron chi connectivity index (χ1n) is 8.12. The first kappa shape index (κ1) is 18.1. The van der Waals surface area contributed by atoms with Gasteiger partial charge in [-0.05, 0) is 57.5 Å². The molecule has 2 rings (SSSR count). The number of methoxy groups -OCH3 is 1. The van der Waals surface area contributed by atoms with E-state index in [9.17, 15) is 9.90 Å². The number of aliphatic hydroxyl groups excluding tert-OH is 1. The molecule has 1 amide bonds. The van der Waals surface area contributed by atoms with Crippen LogP contribution in [0.2, 0.25) is 0 Å². The zero-order valence-corrected chi connectivity index (χ0v) is 15.0. The second kappa shape index (κ2) is 7.53. The first-order chi connectivity index (χ1) is 11.3. The van der Waals surface area contributed by atoms with E-state index < -0.39 is 6.10 Å². The van der Waals surface area contributed by atoms with E-state index in [1.807, 2.05) is 44.2 Å². The van der Waals surface area contributed by atoms with Crippen molar-refractivity contribution in [2.24, 2.45) is 0 Å². The van der Waals surface area contributed by atoms with Crippen LogP contribution in [-0.4, -0.2) is 47.3 Å². The molecule has 0 aliphatic rings. The molecule has 5 nitrogen and oxygen atoms in total. The van der Waals surface area contributed by atoms with Gasteiger partial charge >= 0.3 is 0 Å². The van der Waals surface area contributed by atoms with Gasteiger partial charge in [-0.1, -0.05) is 0 Å². The summed E-state index contributed by atoms with van der Waals surface area (Å²) in [5.74, 6) is 0.777. The zero-order chi connectivity index (χ0) is 17.9. The van der Waals surface area contributed by atoms with Gasteiger partial charge in [0.25, 0.3) is 5.91 Å². The monoisotopic (exact) mass is 330 g/mol. The third-order valence-electron chi connectivity index (χ3n) is 4.22. The first-order valence-corrected chi connectivity index (χ1v) is 8.12. The molecule has 0 aliphatic heterocycles. The highest BCUT2D eigenvalue weighted by atomic mass is 16.5. The summed E-state index contributed by atoms with van der Waals surface area (Å²) in [6, 6.07) is 9.68. The van der Waals surface area contributed by atoms with Crippen molar-refractivity contribution in [3.63, 3.8) is 0 Å². The number of benzene rings is 1. The smallest absolute Gasteiger partial charge is 0.255 e. The van der Waals surface area contributed by atoms with Gasteiger partial charge in [-0.15, -0.1) is 0 Å². The van der Waals surface area contributed by atoms with Crippen molar-refractivity contribution in [1.29, 1.82) is 0 Å². The number of rotatable bonds is 6. The van der Waals surface area contributed by atoms with Crippen molar-refractivity contribution >= 4 is 5.91 Å². The Labute approximate surface area is 143 Å². The number of aryl methyl sites for hydroxylation is 1. The minimum absolute atomic E-state index is 0.0245. The van der Waals surface area contributed by atoms with Crippen LogP contribution in [0.4, 0.5) is 0 Å². The standard InChI is InChI=1S/C19H26N2O3/c1-13-12-18(19(23)20(4)11-10-14(2)22)15(3)21(13)16-6-8-17(24-5)9-7-16/h6-9,12,14,22H,10-11H2,1-5H3. The highest BCUT2D eigenvalue weighted by Gasteiger charge is 2.19. The summed E-state index contributed by atoms with van der Waals surface area (Å²) in [4.78, 5) is 14.3. The van der Waals surface area contributed by atoms with Crippen molar-refractivity contribution in [3.05, 3.63) is 47.3 Å². The van der Waals surface area contributed by atoms with Gasteiger partial charge in [0.05, 0.1) is 18.8 Å². The fourth-order valence-corrected chi connectivity index (χ4v) is 2.80. The second-order valence-corrected chi connectivity index (χ2v) is 6.18. The summed E-state index contributed by atoms with van der Waals surface area (Å²) in [6.45, 7) is 6.20. The summed E-state index contributed by atoms with van der Waals surface area (Å²) in [5, 5.41) is 9.40. The van der Waals surface area contributed by atoms with Gasteiger partial charge in [0.15, 0.2) is 0 Å². The molecule has 0 spiro atoms. The van der Waals surface area contributed by atoms with E-state index in [-0.39, 0.29) is 5.91 Å². The summed E-state index contributed by atoms with van der Waals surface area (Å²) < 4.78 is 7.26. The van der Waals surface area contributed by atoms with Crippen molar-refractivity contribution in [3.8, 4) is 11.4 Å². The van der Waals surface area contributed by atoms with E-state index >= 15 is 0 Å². The fraction of sp³-hybridized carbons (Fsp3) is 0.421. The lowest BCUT2D eigenvalue weighted by Crippen LogP contribution is -2.29. The van der Waals surface area contributed by atoms with Crippen molar-refractivity contribution in [1.82, 2.24) is 9.47 Å². The molecule has 24 heavy (non-hydrogen) atoms. The Morgan fingerprint density at radius 2 is 1.92 bits per heavy atom. The molecule has 1 N–H and O–H groups in total. The van der Waals surface area contributed by atoms with Crippen molar-refractivity contribution in [2.45, 2.75) is 33.3 Å². The van der Waals surface area contributed by atoms with Crippen LogP contribution < -0.4 is 4.74 Å². The van der Waals surface area contributed by atoms with Crippen LogP contribution in [-0.2, 0) is 0 Å². The number of ether oxygens (including phenoxy) is 1. The number of nitrogens with zero attached hydrogens (tertiary/aromatic N) is 2. The molecular weight excluding hydrogens is 304 g/mol. The maximum Gasteiger partial charge on any atom is 0.255 e. The highest BCUT2D eigenvalue weighted by Crippen LogP contribution is 2.23. The van der Waals surface area contributed by atoms with Crippen LogP contribution in [0.15, 0.2) is 30.3 Å². The molecule has 1 heterocycles. The van der Waals surface area contributed by atoms with Crippen LogP contribution in [0.3, 0.4) is 0 Å². The third-order valence-corrected chi connectivity index (χ3v) is 4.22. The highest BCUT2D eigenvalue weighted by molar-refractivity contribution is 5.95. The van der Waals surface area contributed by atoms with E-state index in [1.54, 1.807) is 26.0 Å². The van der Waals surface area contributed by atoms with E-state index in [0.717, 1.165) is 22.8 Å². The minimum Gasteiger partial charge on any atom is -0.497 e. The van der Waals surface area contributed by atoms with Gasteiger partial charge < -0.3 is 19.3 Å². The van der Waals surface area contributed by atoms with Gasteiger partial charge in [0.1, 0.15) is 5.75 Å². The average molecular weight is 330 g/mol. The van der Waals surface area contributed by atoms with E-state index in [4.69, 9.17) is 4.74 Å². The van der Waals surface area contributed by atoms with Gasteiger partial charge in [-0.3, -0.25) is 4.79 Å². The Kier molecular flexibility index (Phi) is 5.67.